The number of nitrogens with zero attached hydrogens (tertiary/aromatic N) is 1. The van der Waals surface area contributed by atoms with Gasteiger partial charge in [-0.3, -0.25) is 9.69 Å². The molecule has 1 amide bonds. The van der Waals surface area contributed by atoms with Crippen molar-refractivity contribution < 1.29 is 9.18 Å². The van der Waals surface area contributed by atoms with Gasteiger partial charge in [0.25, 0.3) is 0 Å². The summed E-state index contributed by atoms with van der Waals surface area (Å²) in [4.78, 5) is 13.0. The van der Waals surface area contributed by atoms with E-state index in [1.165, 1.54) is 6.07 Å². The van der Waals surface area contributed by atoms with Gasteiger partial charge in [0.05, 0.1) is 6.54 Å². The van der Waals surface area contributed by atoms with Crippen LogP contribution in [0.15, 0.2) is 48.5 Å². The van der Waals surface area contributed by atoms with Crippen LogP contribution in [0.25, 0.3) is 0 Å². The fourth-order valence-corrected chi connectivity index (χ4v) is 2.17. The van der Waals surface area contributed by atoms with Crippen molar-refractivity contribution in [3.8, 4) is 0 Å². The molecule has 110 valence electrons. The lowest BCUT2D eigenvalue weighted by molar-refractivity contribution is -0.119. The Kier molecular flexibility index (Phi) is 4.90. The molecule has 2 rings (SSSR count). The van der Waals surface area contributed by atoms with E-state index in [9.17, 15) is 9.18 Å². The molecule has 0 radical (unpaired) electrons. The standard InChI is InChI=1S/C16H18FN3O/c17-14-7-3-1-5-12(14)9-20(11-16(19)21)10-13-6-2-4-8-15(13)18/h1-8H,9-11,18H2,(H2,19,21). The first kappa shape index (κ1) is 15.0. The van der Waals surface area contributed by atoms with Crippen LogP contribution in [0.5, 0.6) is 0 Å². The molecule has 5 heteroatoms. The normalized spacial score (nSPS) is 10.8. The van der Waals surface area contributed by atoms with E-state index >= 15 is 0 Å². The summed E-state index contributed by atoms with van der Waals surface area (Å²) >= 11 is 0. The number of hydrogen-bond acceptors (Lipinski definition) is 3. The van der Waals surface area contributed by atoms with Crippen molar-refractivity contribution in [2.45, 2.75) is 13.1 Å². The predicted molar refractivity (Wildman–Crippen MR) is 80.6 cm³/mol. The number of nitrogen functional groups attached to an aromatic ring is 1. The third-order valence-electron chi connectivity index (χ3n) is 3.18. The van der Waals surface area contributed by atoms with Crippen molar-refractivity contribution in [2.75, 3.05) is 12.3 Å². The molecule has 0 aromatic heterocycles. The summed E-state index contributed by atoms with van der Waals surface area (Å²) in [5.74, 6) is -0.756. The van der Waals surface area contributed by atoms with E-state index in [1.807, 2.05) is 18.2 Å². The van der Waals surface area contributed by atoms with Gasteiger partial charge in [-0.1, -0.05) is 36.4 Å². The topological polar surface area (TPSA) is 72.4 Å². The average Bonchev–Trinajstić information content (AvgIpc) is 2.43. The number of primary amides is 1. The fraction of sp³-hybridized carbons (Fsp3) is 0.188. The number of carbonyl (C=O) groups excluding carboxylic acids is 1. The first-order valence-corrected chi connectivity index (χ1v) is 6.63. The van der Waals surface area contributed by atoms with Gasteiger partial charge in [-0.15, -0.1) is 0 Å². The summed E-state index contributed by atoms with van der Waals surface area (Å²) in [6, 6.07) is 13.9. The fourth-order valence-electron chi connectivity index (χ4n) is 2.17. The van der Waals surface area contributed by atoms with Gasteiger partial charge in [0.2, 0.25) is 5.91 Å². The summed E-state index contributed by atoms with van der Waals surface area (Å²) in [6.07, 6.45) is 0. The van der Waals surface area contributed by atoms with Gasteiger partial charge in [0, 0.05) is 24.3 Å². The van der Waals surface area contributed by atoms with Gasteiger partial charge in [-0.05, 0) is 17.7 Å². The SMILES string of the molecule is NC(=O)CN(Cc1ccccc1N)Cc1ccccc1F. The quantitative estimate of drug-likeness (QED) is 0.797. The largest absolute Gasteiger partial charge is 0.398 e. The molecule has 0 aliphatic rings. The van der Waals surface area contributed by atoms with Crippen molar-refractivity contribution in [2.24, 2.45) is 5.73 Å². The summed E-state index contributed by atoms with van der Waals surface area (Å²) < 4.78 is 13.7. The lowest BCUT2D eigenvalue weighted by atomic mass is 10.1. The zero-order valence-corrected chi connectivity index (χ0v) is 11.6. The number of hydrogen-bond donors (Lipinski definition) is 2. The maximum atomic E-state index is 13.7. The van der Waals surface area contributed by atoms with Crippen molar-refractivity contribution in [3.63, 3.8) is 0 Å². The Morgan fingerprint density at radius 2 is 1.57 bits per heavy atom. The first-order chi connectivity index (χ1) is 10.1. The second kappa shape index (κ2) is 6.85. The molecule has 0 heterocycles. The Balaban J connectivity index is 2.17. The molecule has 0 unspecified atom stereocenters. The number of amides is 1. The third kappa shape index (κ3) is 4.29. The highest BCUT2D eigenvalue weighted by molar-refractivity contribution is 5.75. The minimum atomic E-state index is -0.458. The zero-order valence-electron chi connectivity index (χ0n) is 11.6. The Morgan fingerprint density at radius 1 is 1.00 bits per heavy atom. The molecule has 0 fully saturated rings. The van der Waals surface area contributed by atoms with E-state index in [2.05, 4.69) is 0 Å². The van der Waals surface area contributed by atoms with Crippen LogP contribution in [0.4, 0.5) is 10.1 Å². The van der Waals surface area contributed by atoms with E-state index in [-0.39, 0.29) is 12.4 Å². The highest BCUT2D eigenvalue weighted by atomic mass is 19.1. The Hall–Kier alpha value is -2.40. The zero-order chi connectivity index (χ0) is 15.2. The molecular weight excluding hydrogens is 269 g/mol. The second-order valence-electron chi connectivity index (χ2n) is 4.90. The molecular formula is C16H18FN3O. The Bertz CT molecular complexity index is 583. The smallest absolute Gasteiger partial charge is 0.231 e. The highest BCUT2D eigenvalue weighted by Gasteiger charge is 2.13. The average molecular weight is 287 g/mol. The van der Waals surface area contributed by atoms with Crippen LogP contribution in [0.1, 0.15) is 11.1 Å². The highest BCUT2D eigenvalue weighted by Crippen LogP contribution is 2.16. The van der Waals surface area contributed by atoms with Gasteiger partial charge in [0.1, 0.15) is 5.82 Å². The van der Waals surface area contributed by atoms with Gasteiger partial charge in [-0.2, -0.15) is 0 Å². The van der Waals surface area contributed by atoms with Gasteiger partial charge in [-0.25, -0.2) is 4.39 Å². The maximum absolute atomic E-state index is 13.7. The van der Waals surface area contributed by atoms with Crippen LogP contribution in [0.3, 0.4) is 0 Å². The van der Waals surface area contributed by atoms with Gasteiger partial charge in [0.15, 0.2) is 0 Å². The minimum absolute atomic E-state index is 0.0443. The predicted octanol–water partition coefficient (Wildman–Crippen LogP) is 1.90. The van der Waals surface area contributed by atoms with Crippen LogP contribution < -0.4 is 11.5 Å². The summed E-state index contributed by atoms with van der Waals surface area (Å²) in [5, 5.41) is 0. The van der Waals surface area contributed by atoms with Crippen LogP contribution in [0, 0.1) is 5.82 Å². The number of halogens is 1. The lowest BCUT2D eigenvalue weighted by Crippen LogP contribution is -2.33. The number of rotatable bonds is 6. The number of para-hydroxylation sites is 1. The van der Waals surface area contributed by atoms with E-state index in [4.69, 9.17) is 11.5 Å². The van der Waals surface area contributed by atoms with Crippen LogP contribution >= 0.6 is 0 Å². The van der Waals surface area contributed by atoms with Crippen molar-refractivity contribution >= 4 is 11.6 Å². The van der Waals surface area contributed by atoms with E-state index in [1.54, 1.807) is 29.2 Å². The lowest BCUT2D eigenvalue weighted by Gasteiger charge is -2.22. The molecule has 0 spiro atoms. The Labute approximate surface area is 123 Å². The monoisotopic (exact) mass is 287 g/mol. The molecule has 21 heavy (non-hydrogen) atoms. The van der Waals surface area contributed by atoms with Crippen LogP contribution in [-0.2, 0) is 17.9 Å². The maximum Gasteiger partial charge on any atom is 0.231 e. The number of carbonyl (C=O) groups is 1. The van der Waals surface area contributed by atoms with Gasteiger partial charge < -0.3 is 11.5 Å². The molecule has 2 aromatic rings. The number of anilines is 1. The van der Waals surface area contributed by atoms with Crippen LogP contribution in [-0.4, -0.2) is 17.4 Å². The van der Waals surface area contributed by atoms with E-state index < -0.39 is 5.91 Å². The number of nitrogens with two attached hydrogens (primary N) is 2. The van der Waals surface area contributed by atoms with Crippen molar-refractivity contribution in [3.05, 3.63) is 65.5 Å². The van der Waals surface area contributed by atoms with Crippen LogP contribution in [0.2, 0.25) is 0 Å². The molecule has 0 saturated carbocycles. The molecule has 4 N–H and O–H groups in total. The van der Waals surface area contributed by atoms with Crippen molar-refractivity contribution in [1.82, 2.24) is 4.90 Å². The first-order valence-electron chi connectivity index (χ1n) is 6.63. The number of benzene rings is 2. The molecule has 4 nitrogen and oxygen atoms in total. The molecule has 0 aliphatic carbocycles. The molecule has 2 aromatic carbocycles. The van der Waals surface area contributed by atoms with Crippen molar-refractivity contribution in [1.29, 1.82) is 0 Å². The van der Waals surface area contributed by atoms with Gasteiger partial charge >= 0.3 is 0 Å². The summed E-state index contributed by atoms with van der Waals surface area (Å²) in [7, 11) is 0. The van der Waals surface area contributed by atoms with E-state index in [0.29, 0.717) is 24.3 Å². The minimum Gasteiger partial charge on any atom is -0.398 e. The summed E-state index contributed by atoms with van der Waals surface area (Å²) in [5.41, 5.74) is 13.2. The molecule has 0 saturated heterocycles. The third-order valence-corrected chi connectivity index (χ3v) is 3.18. The molecule has 0 bridgehead atoms. The molecule has 0 aliphatic heterocycles. The molecule has 0 atom stereocenters. The summed E-state index contributed by atoms with van der Waals surface area (Å²) in [6.45, 7) is 0.774. The Morgan fingerprint density at radius 3 is 2.19 bits per heavy atom. The second-order valence-corrected chi connectivity index (χ2v) is 4.90. The van der Waals surface area contributed by atoms with E-state index in [0.717, 1.165) is 5.56 Å².